The summed E-state index contributed by atoms with van der Waals surface area (Å²) in [7, 11) is 1.96. The van der Waals surface area contributed by atoms with Gasteiger partial charge in [0.25, 0.3) is 0 Å². The number of likely N-dealkylation sites (N-methyl/N-ethyl adjacent to an activating group) is 1. The van der Waals surface area contributed by atoms with Crippen LogP contribution in [0.25, 0.3) is 10.8 Å². The minimum absolute atomic E-state index is 0.0638. The van der Waals surface area contributed by atoms with E-state index in [1.807, 2.05) is 66.5 Å². The third kappa shape index (κ3) is 4.38. The lowest BCUT2D eigenvalue weighted by molar-refractivity contribution is 0.0376. The molecule has 0 spiro atoms. The molecular formula is C23H25NO4. The minimum atomic E-state index is -0.597. The van der Waals surface area contributed by atoms with Crippen molar-refractivity contribution in [2.45, 2.75) is 12.2 Å². The molecule has 28 heavy (non-hydrogen) atoms. The Morgan fingerprint density at radius 1 is 1.04 bits per heavy atom. The van der Waals surface area contributed by atoms with E-state index in [1.165, 1.54) is 0 Å². The van der Waals surface area contributed by atoms with E-state index in [2.05, 4.69) is 12.1 Å². The average Bonchev–Trinajstić information content (AvgIpc) is 2.72. The molecule has 4 rings (SSSR count). The molecule has 0 amide bonds. The largest absolute Gasteiger partial charge is 0.490 e. The molecule has 1 aliphatic heterocycles. The Morgan fingerprint density at radius 3 is 2.68 bits per heavy atom. The predicted octanol–water partition coefficient (Wildman–Crippen LogP) is 3.35. The molecule has 3 aromatic rings. The van der Waals surface area contributed by atoms with Gasteiger partial charge in [-0.25, -0.2) is 0 Å². The van der Waals surface area contributed by atoms with Crippen LogP contribution in [0.1, 0.15) is 0 Å². The van der Waals surface area contributed by atoms with E-state index >= 15 is 0 Å². The zero-order valence-corrected chi connectivity index (χ0v) is 16.0. The highest BCUT2D eigenvalue weighted by molar-refractivity contribution is 5.88. The van der Waals surface area contributed by atoms with E-state index in [0.29, 0.717) is 19.7 Å². The van der Waals surface area contributed by atoms with Crippen LogP contribution >= 0.6 is 0 Å². The van der Waals surface area contributed by atoms with Gasteiger partial charge in [0.1, 0.15) is 31.2 Å². The molecule has 1 heterocycles. The van der Waals surface area contributed by atoms with Gasteiger partial charge in [-0.2, -0.15) is 0 Å². The van der Waals surface area contributed by atoms with Crippen LogP contribution in [0.2, 0.25) is 0 Å². The number of nitrogens with zero attached hydrogens (tertiary/aromatic N) is 1. The fourth-order valence-corrected chi connectivity index (χ4v) is 3.50. The van der Waals surface area contributed by atoms with Gasteiger partial charge in [-0.05, 0) is 30.6 Å². The predicted molar refractivity (Wildman–Crippen MR) is 109 cm³/mol. The quantitative estimate of drug-likeness (QED) is 0.682. The molecule has 2 unspecified atom stereocenters. The first-order valence-electron chi connectivity index (χ1n) is 9.55. The number of fused-ring (bicyclic) bond motifs is 2. The summed E-state index contributed by atoms with van der Waals surface area (Å²) in [6.45, 7) is 1.90. The fraction of sp³-hybridized carbons (Fsp3) is 0.304. The summed E-state index contributed by atoms with van der Waals surface area (Å²) in [5.41, 5.74) is 0. The van der Waals surface area contributed by atoms with Crippen molar-refractivity contribution < 1.29 is 19.3 Å². The summed E-state index contributed by atoms with van der Waals surface area (Å²) in [4.78, 5) is 2.04. The van der Waals surface area contributed by atoms with Crippen LogP contribution in [0.4, 0.5) is 0 Å². The van der Waals surface area contributed by atoms with Crippen molar-refractivity contribution in [1.82, 2.24) is 4.90 Å². The number of rotatable bonds is 7. The summed E-state index contributed by atoms with van der Waals surface area (Å²) in [5.74, 6) is 2.34. The lowest BCUT2D eigenvalue weighted by Crippen LogP contribution is -2.42. The van der Waals surface area contributed by atoms with Crippen LogP contribution in [-0.2, 0) is 0 Å². The highest BCUT2D eigenvalue weighted by Gasteiger charge is 2.22. The van der Waals surface area contributed by atoms with Gasteiger partial charge in [0.05, 0.1) is 0 Å². The van der Waals surface area contributed by atoms with Gasteiger partial charge < -0.3 is 19.3 Å². The molecule has 0 aliphatic carbocycles. The van der Waals surface area contributed by atoms with E-state index in [0.717, 1.165) is 28.0 Å². The average molecular weight is 379 g/mol. The summed E-state index contributed by atoms with van der Waals surface area (Å²) >= 11 is 0. The van der Waals surface area contributed by atoms with Crippen LogP contribution in [-0.4, -0.2) is 55.6 Å². The highest BCUT2D eigenvalue weighted by Crippen LogP contribution is 2.31. The van der Waals surface area contributed by atoms with Crippen LogP contribution in [0.15, 0.2) is 66.7 Å². The van der Waals surface area contributed by atoms with Crippen LogP contribution in [0.5, 0.6) is 17.2 Å². The normalized spacial score (nSPS) is 16.9. The second-order valence-corrected chi connectivity index (χ2v) is 7.16. The summed E-state index contributed by atoms with van der Waals surface area (Å²) < 4.78 is 17.6. The van der Waals surface area contributed by atoms with Gasteiger partial charge >= 0.3 is 0 Å². The Labute approximate surface area is 165 Å². The Morgan fingerprint density at radius 2 is 1.79 bits per heavy atom. The second kappa shape index (κ2) is 8.50. The lowest BCUT2D eigenvalue weighted by Gasteiger charge is -2.30. The maximum absolute atomic E-state index is 10.4. The molecular weight excluding hydrogens is 354 g/mol. The zero-order valence-electron chi connectivity index (χ0n) is 16.0. The molecule has 0 radical (unpaired) electrons. The molecule has 1 N–H and O–H groups in total. The summed E-state index contributed by atoms with van der Waals surface area (Å²) in [6.07, 6.45) is -0.660. The van der Waals surface area contributed by atoms with Gasteiger partial charge in [0.15, 0.2) is 11.5 Å². The van der Waals surface area contributed by atoms with Crippen molar-refractivity contribution in [1.29, 1.82) is 0 Å². The summed E-state index contributed by atoms with van der Waals surface area (Å²) in [6, 6.07) is 21.7. The van der Waals surface area contributed by atoms with Crippen molar-refractivity contribution in [3.8, 4) is 17.2 Å². The number of hydrogen-bond donors (Lipinski definition) is 1. The van der Waals surface area contributed by atoms with E-state index in [9.17, 15) is 5.11 Å². The maximum atomic E-state index is 10.4. The van der Waals surface area contributed by atoms with Crippen molar-refractivity contribution >= 4 is 10.8 Å². The third-order valence-corrected chi connectivity index (χ3v) is 4.79. The molecule has 146 valence electrons. The topological polar surface area (TPSA) is 51.2 Å². The minimum Gasteiger partial charge on any atom is -0.490 e. The summed E-state index contributed by atoms with van der Waals surface area (Å²) in [5, 5.41) is 12.6. The Bertz CT molecular complexity index is 924. The number of para-hydroxylation sites is 2. The van der Waals surface area contributed by atoms with Gasteiger partial charge in [0, 0.05) is 18.5 Å². The fourth-order valence-electron chi connectivity index (χ4n) is 3.50. The van der Waals surface area contributed by atoms with Gasteiger partial charge in [-0.3, -0.25) is 4.90 Å². The molecule has 0 bridgehead atoms. The van der Waals surface area contributed by atoms with E-state index in [1.54, 1.807) is 0 Å². The maximum Gasteiger partial charge on any atom is 0.161 e. The van der Waals surface area contributed by atoms with Gasteiger partial charge in [-0.15, -0.1) is 0 Å². The SMILES string of the molecule is CN(CC(O)COc1cccc2ccccc12)CC1COc2ccccc2O1. The zero-order chi connectivity index (χ0) is 19.3. The molecule has 1 aliphatic rings. The number of hydrogen-bond acceptors (Lipinski definition) is 5. The first-order chi connectivity index (χ1) is 13.7. The smallest absolute Gasteiger partial charge is 0.161 e. The lowest BCUT2D eigenvalue weighted by atomic mass is 10.1. The molecule has 5 nitrogen and oxygen atoms in total. The Kier molecular flexibility index (Phi) is 5.65. The number of benzene rings is 3. The van der Waals surface area contributed by atoms with E-state index < -0.39 is 6.10 Å². The number of ether oxygens (including phenoxy) is 3. The molecule has 0 fully saturated rings. The van der Waals surface area contributed by atoms with Crippen LogP contribution in [0.3, 0.4) is 0 Å². The molecule has 5 heteroatoms. The molecule has 0 aromatic heterocycles. The monoisotopic (exact) mass is 379 g/mol. The number of aliphatic hydroxyl groups is 1. The standard InChI is InChI=1S/C23H25NO4/c1-24(14-19-16-27-22-10-4-5-11-23(22)28-19)13-18(25)15-26-21-12-6-8-17-7-2-3-9-20(17)21/h2-12,18-19,25H,13-16H2,1H3. The van der Waals surface area contributed by atoms with Crippen molar-refractivity contribution in [3.05, 3.63) is 66.7 Å². The van der Waals surface area contributed by atoms with Crippen LogP contribution in [0, 0.1) is 0 Å². The van der Waals surface area contributed by atoms with Gasteiger partial charge in [-0.1, -0.05) is 48.5 Å². The van der Waals surface area contributed by atoms with Crippen LogP contribution < -0.4 is 14.2 Å². The van der Waals surface area contributed by atoms with Crippen molar-refractivity contribution in [3.63, 3.8) is 0 Å². The second-order valence-electron chi connectivity index (χ2n) is 7.16. The molecule has 0 saturated carbocycles. The Hall–Kier alpha value is -2.76. The van der Waals surface area contributed by atoms with E-state index in [-0.39, 0.29) is 12.7 Å². The number of aliphatic hydroxyl groups excluding tert-OH is 1. The van der Waals surface area contributed by atoms with Crippen molar-refractivity contribution in [2.24, 2.45) is 0 Å². The first kappa shape index (κ1) is 18.6. The molecule has 2 atom stereocenters. The highest BCUT2D eigenvalue weighted by atomic mass is 16.6. The van der Waals surface area contributed by atoms with Gasteiger partial charge in [0.2, 0.25) is 0 Å². The molecule has 0 saturated heterocycles. The first-order valence-corrected chi connectivity index (χ1v) is 9.55. The Balaban J connectivity index is 1.27. The molecule has 3 aromatic carbocycles. The van der Waals surface area contributed by atoms with Crippen molar-refractivity contribution in [2.75, 3.05) is 33.4 Å². The third-order valence-electron chi connectivity index (χ3n) is 4.79. The van der Waals surface area contributed by atoms with E-state index in [4.69, 9.17) is 14.2 Å².